The van der Waals surface area contributed by atoms with Gasteiger partial charge in [0, 0.05) is 22.1 Å². The van der Waals surface area contributed by atoms with Gasteiger partial charge in [-0.3, -0.25) is 0 Å². The third-order valence-corrected chi connectivity index (χ3v) is 7.22. The molecular formula is C17H20BrOP. The monoisotopic (exact) mass is 350 g/mol. The van der Waals surface area contributed by atoms with Crippen molar-refractivity contribution in [2.24, 2.45) is 0 Å². The maximum atomic E-state index is 13.6. The van der Waals surface area contributed by atoms with Gasteiger partial charge in [-0.15, -0.1) is 0 Å². The molecule has 0 fully saturated rings. The van der Waals surface area contributed by atoms with Crippen LogP contribution < -0.4 is 10.6 Å². The number of benzene rings is 2. The van der Waals surface area contributed by atoms with Crippen LogP contribution in [0.4, 0.5) is 0 Å². The van der Waals surface area contributed by atoms with E-state index in [2.05, 4.69) is 15.9 Å². The summed E-state index contributed by atoms with van der Waals surface area (Å²) in [5.41, 5.74) is 0. The van der Waals surface area contributed by atoms with Gasteiger partial charge in [-0.25, -0.2) is 0 Å². The summed E-state index contributed by atoms with van der Waals surface area (Å²) in [4.78, 5) is 0. The van der Waals surface area contributed by atoms with Crippen LogP contribution in [-0.2, 0) is 4.57 Å². The summed E-state index contributed by atoms with van der Waals surface area (Å²) in [6.45, 7) is 0. The highest BCUT2D eigenvalue weighted by atomic mass is 79.9. The van der Waals surface area contributed by atoms with Crippen LogP contribution in [0.5, 0.6) is 0 Å². The lowest BCUT2D eigenvalue weighted by Crippen LogP contribution is -2.18. The van der Waals surface area contributed by atoms with E-state index in [4.69, 9.17) is 0 Å². The average molecular weight is 351 g/mol. The molecular weight excluding hydrogens is 331 g/mol. The molecule has 0 aliphatic heterocycles. The van der Waals surface area contributed by atoms with Crippen LogP contribution >= 0.6 is 23.1 Å². The number of unbranched alkanes of at least 4 members (excludes halogenated alkanes) is 2. The predicted octanol–water partition coefficient (Wildman–Crippen LogP) is 4.57. The van der Waals surface area contributed by atoms with Crippen molar-refractivity contribution in [3.8, 4) is 0 Å². The third kappa shape index (κ3) is 3.84. The van der Waals surface area contributed by atoms with Crippen LogP contribution in [0.2, 0.25) is 0 Å². The van der Waals surface area contributed by atoms with Crippen molar-refractivity contribution in [1.29, 1.82) is 0 Å². The lowest BCUT2D eigenvalue weighted by Gasteiger charge is -2.19. The van der Waals surface area contributed by atoms with Gasteiger partial charge in [0.05, 0.1) is 0 Å². The molecule has 0 heterocycles. The second-order valence-electron chi connectivity index (χ2n) is 4.88. The van der Waals surface area contributed by atoms with Gasteiger partial charge in [0.2, 0.25) is 0 Å². The molecule has 0 atom stereocenters. The van der Waals surface area contributed by atoms with E-state index >= 15 is 0 Å². The van der Waals surface area contributed by atoms with Crippen molar-refractivity contribution < 1.29 is 4.57 Å². The molecule has 20 heavy (non-hydrogen) atoms. The lowest BCUT2D eigenvalue weighted by molar-refractivity contribution is 0.584. The first-order valence-electron chi connectivity index (χ1n) is 7.03. The SMILES string of the molecule is O=P(CCCCCBr)(c1ccccc1)c1ccccc1. The Bertz CT molecular complexity index is 510. The number of alkyl halides is 1. The first kappa shape index (κ1) is 15.5. The molecule has 0 spiro atoms. The van der Waals surface area contributed by atoms with E-state index in [0.29, 0.717) is 0 Å². The molecule has 1 nitrogen and oxygen atoms in total. The summed E-state index contributed by atoms with van der Waals surface area (Å²) < 4.78 is 13.6. The van der Waals surface area contributed by atoms with Crippen molar-refractivity contribution in [3.05, 3.63) is 60.7 Å². The van der Waals surface area contributed by atoms with Crippen LogP contribution in [0.15, 0.2) is 60.7 Å². The van der Waals surface area contributed by atoms with Crippen molar-refractivity contribution in [2.75, 3.05) is 11.5 Å². The quantitative estimate of drug-likeness (QED) is 0.406. The molecule has 0 bridgehead atoms. The largest absolute Gasteiger partial charge is 0.314 e. The van der Waals surface area contributed by atoms with E-state index in [1.54, 1.807) is 0 Å². The highest BCUT2D eigenvalue weighted by Gasteiger charge is 2.26. The number of hydrogen-bond acceptors (Lipinski definition) is 1. The Morgan fingerprint density at radius 3 is 1.70 bits per heavy atom. The Morgan fingerprint density at radius 1 is 0.750 bits per heavy atom. The van der Waals surface area contributed by atoms with E-state index in [0.717, 1.165) is 41.4 Å². The molecule has 0 unspecified atom stereocenters. The van der Waals surface area contributed by atoms with E-state index in [-0.39, 0.29) is 0 Å². The number of hydrogen-bond donors (Lipinski definition) is 0. The van der Waals surface area contributed by atoms with Gasteiger partial charge in [0.25, 0.3) is 0 Å². The molecule has 0 radical (unpaired) electrons. The maximum Gasteiger partial charge on any atom is 0.143 e. The normalized spacial score (nSPS) is 11.4. The van der Waals surface area contributed by atoms with Crippen molar-refractivity contribution >= 4 is 33.7 Å². The van der Waals surface area contributed by atoms with Crippen LogP contribution in [0, 0.1) is 0 Å². The van der Waals surface area contributed by atoms with E-state index < -0.39 is 7.14 Å². The molecule has 3 heteroatoms. The van der Waals surface area contributed by atoms with E-state index in [9.17, 15) is 4.57 Å². The Labute approximate surface area is 129 Å². The second kappa shape index (κ2) is 7.81. The summed E-state index contributed by atoms with van der Waals surface area (Å²) in [6, 6.07) is 19.8. The first-order valence-corrected chi connectivity index (χ1v) is 10.0. The van der Waals surface area contributed by atoms with Gasteiger partial charge in [-0.2, -0.15) is 0 Å². The fourth-order valence-electron chi connectivity index (χ4n) is 2.35. The van der Waals surface area contributed by atoms with Gasteiger partial charge in [0.15, 0.2) is 0 Å². The molecule has 2 rings (SSSR count). The molecule has 0 aliphatic rings. The Kier molecular flexibility index (Phi) is 6.06. The van der Waals surface area contributed by atoms with Gasteiger partial charge in [0.1, 0.15) is 7.14 Å². The number of halogens is 1. The molecule has 0 amide bonds. The lowest BCUT2D eigenvalue weighted by atomic mass is 10.3. The summed E-state index contributed by atoms with van der Waals surface area (Å²) in [7, 11) is -2.48. The van der Waals surface area contributed by atoms with E-state index in [1.807, 2.05) is 60.7 Å². The zero-order valence-electron chi connectivity index (χ0n) is 11.5. The topological polar surface area (TPSA) is 17.1 Å². The van der Waals surface area contributed by atoms with Crippen molar-refractivity contribution in [3.63, 3.8) is 0 Å². The smallest absolute Gasteiger partial charge is 0.143 e. The first-order chi connectivity index (χ1) is 9.77. The zero-order chi connectivity index (χ0) is 14.3. The summed E-state index contributed by atoms with van der Waals surface area (Å²) in [5.74, 6) is 0. The summed E-state index contributed by atoms with van der Waals surface area (Å²) in [5, 5.41) is 2.98. The Balaban J connectivity index is 2.27. The maximum absolute atomic E-state index is 13.6. The minimum absolute atomic E-state index is 0.758. The van der Waals surface area contributed by atoms with Crippen molar-refractivity contribution in [2.45, 2.75) is 19.3 Å². The Hall–Kier alpha value is -0.850. The fourth-order valence-corrected chi connectivity index (χ4v) is 5.54. The molecule has 0 aliphatic carbocycles. The fraction of sp³-hybridized carbons (Fsp3) is 0.294. The average Bonchev–Trinajstić information content (AvgIpc) is 2.53. The van der Waals surface area contributed by atoms with Gasteiger partial charge in [-0.1, -0.05) is 83.0 Å². The number of rotatable bonds is 7. The minimum atomic E-state index is -2.48. The second-order valence-corrected chi connectivity index (χ2v) is 8.64. The van der Waals surface area contributed by atoms with Gasteiger partial charge >= 0.3 is 0 Å². The van der Waals surface area contributed by atoms with Crippen LogP contribution in [0.3, 0.4) is 0 Å². The molecule has 0 saturated carbocycles. The van der Waals surface area contributed by atoms with E-state index in [1.165, 1.54) is 0 Å². The molecule has 0 aromatic heterocycles. The minimum Gasteiger partial charge on any atom is -0.314 e. The molecule has 2 aromatic carbocycles. The molecule has 106 valence electrons. The Morgan fingerprint density at radius 2 is 1.25 bits per heavy atom. The van der Waals surface area contributed by atoms with Crippen LogP contribution in [0.1, 0.15) is 19.3 Å². The highest BCUT2D eigenvalue weighted by molar-refractivity contribution is 9.09. The molecule has 0 saturated heterocycles. The van der Waals surface area contributed by atoms with Crippen LogP contribution in [-0.4, -0.2) is 11.5 Å². The summed E-state index contributed by atoms with van der Waals surface area (Å²) in [6.07, 6.45) is 4.03. The summed E-state index contributed by atoms with van der Waals surface area (Å²) >= 11 is 3.45. The van der Waals surface area contributed by atoms with Crippen LogP contribution in [0.25, 0.3) is 0 Å². The van der Waals surface area contributed by atoms with Gasteiger partial charge in [-0.05, 0) is 12.8 Å². The third-order valence-electron chi connectivity index (χ3n) is 3.45. The predicted molar refractivity (Wildman–Crippen MR) is 92.3 cm³/mol. The highest BCUT2D eigenvalue weighted by Crippen LogP contribution is 2.44. The van der Waals surface area contributed by atoms with Crippen molar-refractivity contribution in [1.82, 2.24) is 0 Å². The zero-order valence-corrected chi connectivity index (χ0v) is 14.0. The van der Waals surface area contributed by atoms with Gasteiger partial charge < -0.3 is 4.57 Å². The molecule has 0 N–H and O–H groups in total. The molecule has 2 aromatic rings. The standard InChI is InChI=1S/C17H20BrOP/c18-14-8-3-9-15-20(19,16-10-4-1-5-11-16)17-12-6-2-7-13-17/h1-2,4-7,10-13H,3,8-9,14-15H2.